The molecule has 0 radical (unpaired) electrons. The number of carbonyl (C=O) groups excluding carboxylic acids is 1. The average molecular weight is 507 g/mol. The van der Waals surface area contributed by atoms with E-state index in [-0.39, 0.29) is 16.6 Å². The highest BCUT2D eigenvalue weighted by molar-refractivity contribution is 6.32. The molecule has 0 atom stereocenters. The molecule has 2 heterocycles. The van der Waals surface area contributed by atoms with E-state index in [0.717, 1.165) is 16.4 Å². The van der Waals surface area contributed by atoms with Crippen LogP contribution in [0.4, 0.5) is 18.9 Å². The van der Waals surface area contributed by atoms with Crippen LogP contribution in [0.1, 0.15) is 16.1 Å². The fraction of sp³-hybridized carbons (Fsp3) is 0.0370. The summed E-state index contributed by atoms with van der Waals surface area (Å²) in [5, 5.41) is 6.92. The van der Waals surface area contributed by atoms with E-state index in [1.807, 2.05) is 47.3 Å². The summed E-state index contributed by atoms with van der Waals surface area (Å²) < 4.78 is 43.4. The number of para-hydroxylation sites is 3. The van der Waals surface area contributed by atoms with Crippen molar-refractivity contribution in [2.24, 2.45) is 0 Å². The molecule has 5 aromatic rings. The molecule has 0 aliphatic heterocycles. The molecule has 0 saturated heterocycles. The van der Waals surface area contributed by atoms with Crippen LogP contribution in [-0.2, 0) is 6.18 Å². The molecule has 180 valence electrons. The SMILES string of the molecule is O=C(Nc1ccccc1-n1cccc1)c1ccc(-c2cc(C(F)(F)F)nn2-c2ccccc2Cl)cc1. The second-order valence-electron chi connectivity index (χ2n) is 7.91. The molecule has 3 aromatic carbocycles. The van der Waals surface area contributed by atoms with Gasteiger partial charge in [0.15, 0.2) is 5.69 Å². The van der Waals surface area contributed by atoms with Crippen LogP contribution < -0.4 is 5.32 Å². The second-order valence-corrected chi connectivity index (χ2v) is 8.32. The number of nitrogens with zero attached hydrogens (tertiary/aromatic N) is 3. The summed E-state index contributed by atoms with van der Waals surface area (Å²) in [5.74, 6) is -0.350. The molecule has 0 aliphatic rings. The Morgan fingerprint density at radius 2 is 1.47 bits per heavy atom. The summed E-state index contributed by atoms with van der Waals surface area (Å²) in [5.41, 5.74) is 1.68. The van der Waals surface area contributed by atoms with Crippen LogP contribution in [-0.4, -0.2) is 20.3 Å². The molecular formula is C27H18ClF3N4O. The van der Waals surface area contributed by atoms with E-state index in [0.29, 0.717) is 22.5 Å². The van der Waals surface area contributed by atoms with Gasteiger partial charge in [-0.15, -0.1) is 0 Å². The predicted molar refractivity (Wildman–Crippen MR) is 133 cm³/mol. The molecule has 36 heavy (non-hydrogen) atoms. The monoisotopic (exact) mass is 506 g/mol. The van der Waals surface area contributed by atoms with Crippen molar-refractivity contribution in [2.75, 3.05) is 5.32 Å². The number of aromatic nitrogens is 3. The minimum atomic E-state index is -4.63. The van der Waals surface area contributed by atoms with E-state index < -0.39 is 11.9 Å². The zero-order valence-electron chi connectivity index (χ0n) is 18.6. The molecule has 9 heteroatoms. The maximum absolute atomic E-state index is 13.5. The highest BCUT2D eigenvalue weighted by Crippen LogP contribution is 2.34. The first-order chi connectivity index (χ1) is 17.3. The van der Waals surface area contributed by atoms with Gasteiger partial charge in [-0.3, -0.25) is 4.79 Å². The number of hydrogen-bond acceptors (Lipinski definition) is 2. The van der Waals surface area contributed by atoms with Crippen LogP contribution in [0.3, 0.4) is 0 Å². The molecule has 0 bridgehead atoms. The molecule has 0 aliphatic carbocycles. The van der Waals surface area contributed by atoms with E-state index in [1.54, 1.807) is 54.6 Å². The van der Waals surface area contributed by atoms with Crippen LogP contribution in [0.25, 0.3) is 22.6 Å². The summed E-state index contributed by atoms with van der Waals surface area (Å²) >= 11 is 6.24. The number of amides is 1. The highest BCUT2D eigenvalue weighted by atomic mass is 35.5. The Hall–Kier alpha value is -4.30. The number of hydrogen-bond donors (Lipinski definition) is 1. The van der Waals surface area contributed by atoms with Crippen molar-refractivity contribution in [1.82, 2.24) is 14.3 Å². The van der Waals surface area contributed by atoms with Gasteiger partial charge in [-0.2, -0.15) is 18.3 Å². The van der Waals surface area contributed by atoms with Crippen molar-refractivity contribution >= 4 is 23.2 Å². The Balaban J connectivity index is 1.46. The fourth-order valence-corrected chi connectivity index (χ4v) is 4.03. The third-order valence-corrected chi connectivity index (χ3v) is 5.88. The zero-order chi connectivity index (χ0) is 25.3. The van der Waals surface area contributed by atoms with Gasteiger partial charge in [0.2, 0.25) is 0 Å². The summed E-state index contributed by atoms with van der Waals surface area (Å²) in [7, 11) is 0. The summed E-state index contributed by atoms with van der Waals surface area (Å²) in [4.78, 5) is 12.9. The van der Waals surface area contributed by atoms with E-state index in [9.17, 15) is 18.0 Å². The van der Waals surface area contributed by atoms with Crippen molar-refractivity contribution in [3.05, 3.63) is 120 Å². The summed E-state index contributed by atoms with van der Waals surface area (Å²) in [6.07, 6.45) is -0.886. The number of halogens is 4. The molecule has 0 fully saturated rings. The highest BCUT2D eigenvalue weighted by Gasteiger charge is 2.35. The first-order valence-corrected chi connectivity index (χ1v) is 11.3. The van der Waals surface area contributed by atoms with Crippen molar-refractivity contribution in [2.45, 2.75) is 6.18 Å². The molecule has 1 N–H and O–H groups in total. The minimum Gasteiger partial charge on any atom is -0.322 e. The van der Waals surface area contributed by atoms with Gasteiger partial charge < -0.3 is 9.88 Å². The van der Waals surface area contributed by atoms with Crippen molar-refractivity contribution in [1.29, 1.82) is 0 Å². The smallest absolute Gasteiger partial charge is 0.322 e. The van der Waals surface area contributed by atoms with Gasteiger partial charge >= 0.3 is 6.18 Å². The molecule has 5 rings (SSSR count). The number of benzene rings is 3. The number of alkyl halides is 3. The Kier molecular flexibility index (Phi) is 6.12. The molecule has 0 spiro atoms. The maximum atomic E-state index is 13.5. The maximum Gasteiger partial charge on any atom is 0.435 e. The van der Waals surface area contributed by atoms with E-state index >= 15 is 0 Å². The number of rotatable bonds is 5. The number of carbonyl (C=O) groups is 1. The van der Waals surface area contributed by atoms with Crippen molar-refractivity contribution in [3.63, 3.8) is 0 Å². The first kappa shape index (κ1) is 23.4. The normalized spacial score (nSPS) is 11.4. The van der Waals surface area contributed by atoms with E-state index in [4.69, 9.17) is 11.6 Å². The third-order valence-electron chi connectivity index (χ3n) is 5.56. The Morgan fingerprint density at radius 1 is 0.833 bits per heavy atom. The molecule has 5 nitrogen and oxygen atoms in total. The fourth-order valence-electron chi connectivity index (χ4n) is 3.82. The third kappa shape index (κ3) is 4.63. The molecule has 0 saturated carbocycles. The lowest BCUT2D eigenvalue weighted by molar-refractivity contribution is -0.141. The molecule has 0 unspecified atom stereocenters. The van der Waals surface area contributed by atoms with Crippen LogP contribution in [0.15, 0.2) is 103 Å². The minimum absolute atomic E-state index is 0.195. The van der Waals surface area contributed by atoms with Gasteiger partial charge in [0, 0.05) is 23.5 Å². The summed E-state index contributed by atoms with van der Waals surface area (Å²) in [6.45, 7) is 0. The van der Waals surface area contributed by atoms with Crippen molar-refractivity contribution in [3.8, 4) is 22.6 Å². The zero-order valence-corrected chi connectivity index (χ0v) is 19.3. The van der Waals surface area contributed by atoms with Gasteiger partial charge in [0.05, 0.1) is 27.8 Å². The standard InChI is InChI=1S/C27H18ClF3N4O/c28-20-7-1-3-9-22(20)35-24(17-25(33-35)27(29,30)31)18-11-13-19(14-12-18)26(36)32-21-8-2-4-10-23(21)34-15-5-6-16-34/h1-17H,(H,32,36). The van der Waals surface area contributed by atoms with Gasteiger partial charge in [-0.05, 0) is 54.6 Å². The van der Waals surface area contributed by atoms with Gasteiger partial charge in [0.25, 0.3) is 5.91 Å². The quantitative estimate of drug-likeness (QED) is 0.273. The Labute approximate surface area is 209 Å². The summed E-state index contributed by atoms with van der Waals surface area (Å²) in [6, 6.07) is 24.9. The predicted octanol–water partition coefficient (Wildman–Crippen LogP) is 7.25. The topological polar surface area (TPSA) is 51.9 Å². The average Bonchev–Trinajstić information content (AvgIpc) is 3.55. The second kappa shape index (κ2) is 9.39. The van der Waals surface area contributed by atoms with Crippen LogP contribution in [0.5, 0.6) is 0 Å². The van der Waals surface area contributed by atoms with Gasteiger partial charge in [0.1, 0.15) is 0 Å². The number of nitrogens with one attached hydrogen (secondary N) is 1. The first-order valence-electron chi connectivity index (χ1n) is 10.9. The van der Waals surface area contributed by atoms with E-state index in [1.165, 1.54) is 0 Å². The van der Waals surface area contributed by atoms with Gasteiger partial charge in [-0.1, -0.05) is 48.0 Å². The number of anilines is 1. The molecule has 1 amide bonds. The Morgan fingerprint density at radius 3 is 2.14 bits per heavy atom. The van der Waals surface area contributed by atoms with Crippen LogP contribution in [0, 0.1) is 0 Å². The lowest BCUT2D eigenvalue weighted by Crippen LogP contribution is -2.13. The molecular weight excluding hydrogens is 489 g/mol. The largest absolute Gasteiger partial charge is 0.435 e. The van der Waals surface area contributed by atoms with Crippen molar-refractivity contribution < 1.29 is 18.0 Å². The molecule has 2 aromatic heterocycles. The lowest BCUT2D eigenvalue weighted by Gasteiger charge is -2.12. The lowest BCUT2D eigenvalue weighted by atomic mass is 10.1. The van der Waals surface area contributed by atoms with Gasteiger partial charge in [-0.25, -0.2) is 4.68 Å². The van der Waals surface area contributed by atoms with Crippen LogP contribution in [0.2, 0.25) is 5.02 Å². The Bertz CT molecular complexity index is 1520. The van der Waals surface area contributed by atoms with E-state index in [2.05, 4.69) is 10.4 Å². The van der Waals surface area contributed by atoms with Crippen LogP contribution >= 0.6 is 11.6 Å².